The Morgan fingerprint density at radius 2 is 1.81 bits per heavy atom. The van der Waals surface area contributed by atoms with E-state index < -0.39 is 28.9 Å². The van der Waals surface area contributed by atoms with Gasteiger partial charge < -0.3 is 19.3 Å². The minimum absolute atomic E-state index is 0.000399. The number of benzene rings is 2. The molecule has 2 aromatic carbocycles. The highest BCUT2D eigenvalue weighted by atomic mass is 32.1. The summed E-state index contributed by atoms with van der Waals surface area (Å²) in [4.78, 5) is 23.0. The molecule has 0 spiro atoms. The second kappa shape index (κ2) is 21.2. The molecule has 0 radical (unpaired) electrons. The molecular weight excluding hydrogens is 774 g/mol. The molecule has 5 rings (SSSR count). The van der Waals surface area contributed by atoms with Crippen molar-refractivity contribution in [1.82, 2.24) is 14.9 Å². The number of hydrogen-bond acceptors (Lipinski definition) is 9. The third-order valence-corrected chi connectivity index (χ3v) is 11.9. The lowest BCUT2D eigenvalue weighted by Gasteiger charge is -2.34. The topological polar surface area (TPSA) is 91.6 Å². The van der Waals surface area contributed by atoms with E-state index in [0.29, 0.717) is 16.9 Å². The molecule has 318 valence electrons. The molecule has 14 heteroatoms. The largest absolute Gasteiger partial charge is 0.464 e. The molecule has 3 unspecified atom stereocenters. The van der Waals surface area contributed by atoms with E-state index in [2.05, 4.69) is 42.3 Å². The molecule has 2 aromatic heterocycles. The van der Waals surface area contributed by atoms with Gasteiger partial charge in [-0.25, -0.2) is 8.78 Å². The fourth-order valence-corrected chi connectivity index (χ4v) is 8.12. The number of nitrogens with zero attached hydrogens (tertiary/aromatic N) is 5. The molecule has 1 fully saturated rings. The van der Waals surface area contributed by atoms with Gasteiger partial charge in [0.15, 0.2) is 11.6 Å². The maximum atomic E-state index is 16.9. The number of alkyl halides is 3. The van der Waals surface area contributed by atoms with Crippen LogP contribution in [0, 0.1) is 34.8 Å². The Labute approximate surface area is 344 Å². The quantitative estimate of drug-likeness (QED) is 0.0972. The van der Waals surface area contributed by atoms with Crippen LogP contribution in [0.5, 0.6) is 6.01 Å². The Hall–Kier alpha value is -4.19. The fourth-order valence-electron chi connectivity index (χ4n) is 6.93. The standard InChI is InChI=1S/C34H39F5N4OS.C6H13NO.C4H6O/c1-9-19(7)11-14-25(17(3)4)43(8)32-21-15-23(34(37,38)39)27(28(36)29(21)41-33(42-32)44-10-2)20-12-13-24(35)31-26(20)22(16-40)30(45-31)18(5)6;1-7-4-3-6(5-7)8-2;1-3-4(2)5/h12-13,15,17-19,25H,9-11,14H2,1-8H3;6H,3-5H2,1-2H3;3H,1H2,2H3. The number of carbonyl (C=O) groups is 1. The summed E-state index contributed by atoms with van der Waals surface area (Å²) >= 11 is 0.991. The summed E-state index contributed by atoms with van der Waals surface area (Å²) in [7, 11) is 5.65. The molecule has 1 saturated heterocycles. The Bertz CT molecular complexity index is 2080. The van der Waals surface area contributed by atoms with Crippen molar-refractivity contribution in [3.8, 4) is 23.2 Å². The highest BCUT2D eigenvalue weighted by Crippen LogP contribution is 2.48. The molecule has 1 aliphatic heterocycles. The third-order valence-electron chi connectivity index (χ3n) is 10.4. The number of halogens is 5. The van der Waals surface area contributed by atoms with Gasteiger partial charge in [0.2, 0.25) is 0 Å². The molecular formula is C44H58F5N5O3S. The first-order chi connectivity index (χ1) is 27.2. The van der Waals surface area contributed by atoms with Crippen molar-refractivity contribution in [3.63, 3.8) is 0 Å². The van der Waals surface area contributed by atoms with Gasteiger partial charge >= 0.3 is 12.2 Å². The van der Waals surface area contributed by atoms with Crippen molar-refractivity contribution in [2.45, 2.75) is 105 Å². The van der Waals surface area contributed by atoms with Crippen LogP contribution in [0.4, 0.5) is 27.8 Å². The van der Waals surface area contributed by atoms with E-state index in [1.807, 2.05) is 19.9 Å². The van der Waals surface area contributed by atoms with Crippen LogP contribution < -0.4 is 9.64 Å². The summed E-state index contributed by atoms with van der Waals surface area (Å²) in [6.07, 6.45) is 0.629. The van der Waals surface area contributed by atoms with E-state index in [0.717, 1.165) is 55.3 Å². The highest BCUT2D eigenvalue weighted by molar-refractivity contribution is 7.19. The van der Waals surface area contributed by atoms with E-state index >= 15 is 8.78 Å². The third kappa shape index (κ3) is 11.5. The van der Waals surface area contributed by atoms with Crippen LogP contribution >= 0.6 is 11.3 Å². The first-order valence-electron chi connectivity index (χ1n) is 19.7. The molecule has 1 aliphatic rings. The minimum atomic E-state index is -5.00. The SMILES string of the molecule is C=CC(C)=O.CCOc1nc(N(C)C(CCC(C)CC)C(C)C)c2cc(C(F)(F)F)c(-c3ccc(F)c4sc(C(C)C)c(C#N)c34)c(F)c2n1.COC1CCN(C)C1. The molecule has 4 aromatic rings. The number of thiophene rings is 1. The van der Waals surface area contributed by atoms with Crippen molar-refractivity contribution in [1.29, 1.82) is 5.26 Å². The average Bonchev–Trinajstić information content (AvgIpc) is 3.79. The van der Waals surface area contributed by atoms with Gasteiger partial charge in [0.25, 0.3) is 0 Å². The van der Waals surface area contributed by atoms with Gasteiger partial charge in [-0.05, 0) is 81.7 Å². The van der Waals surface area contributed by atoms with Gasteiger partial charge in [0, 0.05) is 54.5 Å². The van der Waals surface area contributed by atoms with Gasteiger partial charge in [-0.2, -0.15) is 28.4 Å². The number of ether oxygens (including phenoxy) is 2. The van der Waals surface area contributed by atoms with Crippen molar-refractivity contribution >= 4 is 43.9 Å². The molecule has 8 nitrogen and oxygen atoms in total. The summed E-state index contributed by atoms with van der Waals surface area (Å²) < 4.78 is 87.4. The maximum absolute atomic E-state index is 16.9. The second-order valence-electron chi connectivity index (χ2n) is 15.4. The Kier molecular flexibility index (Phi) is 17.6. The number of ketones is 1. The van der Waals surface area contributed by atoms with Crippen LogP contribution in [0.15, 0.2) is 30.9 Å². The Morgan fingerprint density at radius 3 is 2.28 bits per heavy atom. The van der Waals surface area contributed by atoms with E-state index in [1.54, 1.807) is 39.8 Å². The number of rotatable bonds is 13. The zero-order chi connectivity index (χ0) is 43.6. The zero-order valence-corrected chi connectivity index (χ0v) is 36.4. The van der Waals surface area contributed by atoms with E-state index in [-0.39, 0.29) is 74.2 Å². The average molecular weight is 832 g/mol. The normalized spacial score (nSPS) is 15.4. The Balaban J connectivity index is 0.000000589. The molecule has 0 amide bonds. The first-order valence-corrected chi connectivity index (χ1v) is 20.5. The van der Waals surface area contributed by atoms with Gasteiger partial charge in [-0.15, -0.1) is 11.3 Å². The maximum Gasteiger partial charge on any atom is 0.417 e. The Morgan fingerprint density at radius 1 is 1.16 bits per heavy atom. The summed E-state index contributed by atoms with van der Waals surface area (Å²) in [6, 6.07) is 4.75. The summed E-state index contributed by atoms with van der Waals surface area (Å²) in [5.41, 5.74) is -2.59. The van der Waals surface area contributed by atoms with E-state index in [1.165, 1.54) is 26.0 Å². The number of aromatic nitrogens is 2. The summed E-state index contributed by atoms with van der Waals surface area (Å²) in [6.45, 7) is 20.8. The number of carbonyl (C=O) groups excluding carboxylic acids is 1. The molecule has 0 saturated carbocycles. The second-order valence-corrected chi connectivity index (χ2v) is 16.5. The molecule has 0 N–H and O–H groups in total. The van der Waals surface area contributed by atoms with Crippen LogP contribution in [-0.2, 0) is 15.7 Å². The number of anilines is 1. The fraction of sp³-hybridized carbons (Fsp3) is 0.545. The summed E-state index contributed by atoms with van der Waals surface area (Å²) in [5, 5.41) is 9.89. The van der Waals surface area contributed by atoms with Gasteiger partial charge in [-0.3, -0.25) is 4.79 Å². The van der Waals surface area contributed by atoms with Crippen molar-refractivity contribution in [2.75, 3.05) is 45.8 Å². The predicted molar refractivity (Wildman–Crippen MR) is 225 cm³/mol. The van der Waals surface area contributed by atoms with Crippen LogP contribution in [-0.4, -0.2) is 73.7 Å². The number of allylic oxidation sites excluding steroid dienone is 1. The van der Waals surface area contributed by atoms with Crippen molar-refractivity contribution < 1.29 is 36.2 Å². The molecule has 58 heavy (non-hydrogen) atoms. The molecule has 3 heterocycles. The van der Waals surface area contributed by atoms with Crippen LogP contribution in [0.3, 0.4) is 0 Å². The molecule has 0 aliphatic carbocycles. The lowest BCUT2D eigenvalue weighted by Crippen LogP contribution is -2.37. The molecule has 0 bridgehead atoms. The predicted octanol–water partition coefficient (Wildman–Crippen LogP) is 11.6. The van der Waals surface area contributed by atoms with Crippen molar-refractivity contribution in [2.24, 2.45) is 11.8 Å². The lowest BCUT2D eigenvalue weighted by molar-refractivity contribution is -0.137. The summed E-state index contributed by atoms with van der Waals surface area (Å²) in [5.74, 6) is -1.44. The first kappa shape index (κ1) is 48.2. The van der Waals surface area contributed by atoms with Gasteiger partial charge in [-0.1, -0.05) is 60.6 Å². The van der Waals surface area contributed by atoms with E-state index in [4.69, 9.17) is 9.47 Å². The zero-order valence-electron chi connectivity index (χ0n) is 35.6. The van der Waals surface area contributed by atoms with E-state index in [9.17, 15) is 23.2 Å². The number of hydrogen-bond donors (Lipinski definition) is 0. The van der Waals surface area contributed by atoms with Crippen LogP contribution in [0.25, 0.3) is 32.1 Å². The number of likely N-dealkylation sites (N-methyl/N-ethyl adjacent to an activating group) is 1. The van der Waals surface area contributed by atoms with Crippen LogP contribution in [0.1, 0.15) is 103 Å². The lowest BCUT2D eigenvalue weighted by atomic mass is 9.91. The van der Waals surface area contributed by atoms with Crippen LogP contribution in [0.2, 0.25) is 0 Å². The van der Waals surface area contributed by atoms with Gasteiger partial charge in [0.05, 0.1) is 28.5 Å². The number of methoxy groups -OCH3 is 1. The van der Waals surface area contributed by atoms with Gasteiger partial charge in [0.1, 0.15) is 23.2 Å². The van der Waals surface area contributed by atoms with Crippen molar-refractivity contribution in [3.05, 3.63) is 58.5 Å². The number of likely N-dealkylation sites (tertiary alicyclic amines) is 1. The monoisotopic (exact) mass is 831 g/mol. The minimum Gasteiger partial charge on any atom is -0.464 e. The molecule has 3 atom stereocenters. The number of nitriles is 1. The highest BCUT2D eigenvalue weighted by Gasteiger charge is 2.39. The smallest absolute Gasteiger partial charge is 0.417 e. The number of fused-ring (bicyclic) bond motifs is 2.